The van der Waals surface area contributed by atoms with Gasteiger partial charge < -0.3 is 14.6 Å². The normalized spacial score (nSPS) is 10.7. The van der Waals surface area contributed by atoms with Crippen LogP contribution in [0.1, 0.15) is 16.2 Å². The average Bonchev–Trinajstić information content (AvgIpc) is 3.16. The van der Waals surface area contributed by atoms with Crippen LogP contribution in [0.4, 0.5) is 5.69 Å². The Labute approximate surface area is 148 Å². The lowest BCUT2D eigenvalue weighted by Crippen LogP contribution is -2.12. The Balaban J connectivity index is 1.79. The van der Waals surface area contributed by atoms with Gasteiger partial charge in [-0.2, -0.15) is 0 Å². The van der Waals surface area contributed by atoms with Crippen LogP contribution in [0.5, 0.6) is 5.75 Å². The van der Waals surface area contributed by atoms with Gasteiger partial charge in [-0.15, -0.1) is 11.3 Å². The fourth-order valence-electron chi connectivity index (χ4n) is 2.26. The number of hydrogen-bond acceptors (Lipinski definition) is 4. The third-order valence-corrected chi connectivity index (χ3v) is 4.90. The Hall–Kier alpha value is -2.31. The van der Waals surface area contributed by atoms with Crippen molar-refractivity contribution in [3.63, 3.8) is 0 Å². The molecule has 2 aromatic heterocycles. The van der Waals surface area contributed by atoms with Gasteiger partial charge in [0.25, 0.3) is 5.91 Å². The monoisotopic (exact) mass is 361 g/mol. The highest BCUT2D eigenvalue weighted by Crippen LogP contribution is 2.28. The summed E-state index contributed by atoms with van der Waals surface area (Å²) in [6, 6.07) is 9.11. The van der Waals surface area contributed by atoms with E-state index in [0.29, 0.717) is 22.2 Å². The molecule has 0 aliphatic rings. The number of ether oxygens (including phenoxy) is 1. The molecule has 0 atom stereocenters. The molecule has 0 unspecified atom stereocenters. The maximum Gasteiger partial charge on any atom is 0.275 e. The number of aryl methyl sites for hydroxylation is 1. The molecule has 1 aromatic carbocycles. The molecule has 0 aliphatic carbocycles. The van der Waals surface area contributed by atoms with Crippen molar-refractivity contribution in [1.82, 2.24) is 9.55 Å². The van der Waals surface area contributed by atoms with Crippen molar-refractivity contribution in [2.24, 2.45) is 7.05 Å². The van der Waals surface area contributed by atoms with Crippen molar-refractivity contribution in [2.75, 3.05) is 12.4 Å². The summed E-state index contributed by atoms with van der Waals surface area (Å²) in [6.07, 6.45) is 0. The number of anilines is 1. The van der Waals surface area contributed by atoms with Gasteiger partial charge >= 0.3 is 0 Å². The highest BCUT2D eigenvalue weighted by atomic mass is 35.5. The molecule has 0 radical (unpaired) electrons. The Morgan fingerprint density at radius 3 is 2.75 bits per heavy atom. The topological polar surface area (TPSA) is 56.1 Å². The first kappa shape index (κ1) is 16.5. The van der Waals surface area contributed by atoms with E-state index in [0.717, 1.165) is 16.4 Å². The van der Waals surface area contributed by atoms with Crippen LogP contribution < -0.4 is 10.1 Å². The summed E-state index contributed by atoms with van der Waals surface area (Å²) >= 11 is 7.51. The Morgan fingerprint density at radius 2 is 2.12 bits per heavy atom. The minimum Gasteiger partial charge on any atom is -0.495 e. The van der Waals surface area contributed by atoms with E-state index < -0.39 is 0 Å². The van der Waals surface area contributed by atoms with Gasteiger partial charge in [-0.3, -0.25) is 4.79 Å². The van der Waals surface area contributed by atoms with Gasteiger partial charge in [0.15, 0.2) is 0 Å². The number of carbonyl (C=O) groups is 1. The van der Waals surface area contributed by atoms with E-state index >= 15 is 0 Å². The molecule has 0 saturated heterocycles. The number of benzene rings is 1. The van der Waals surface area contributed by atoms with E-state index in [4.69, 9.17) is 16.3 Å². The standard InChI is InChI=1S/C17H16ClN3O2S/c1-10-4-6-14(21(10)2)17-20-13(9-24-17)16(22)19-11-5-7-15(23-3)12(18)8-11/h4-9H,1-3H3,(H,19,22). The van der Waals surface area contributed by atoms with Crippen molar-refractivity contribution in [2.45, 2.75) is 6.92 Å². The lowest BCUT2D eigenvalue weighted by molar-refractivity contribution is 0.102. The van der Waals surface area contributed by atoms with Gasteiger partial charge in [0.1, 0.15) is 16.5 Å². The molecular weight excluding hydrogens is 346 g/mol. The third kappa shape index (κ3) is 3.16. The molecule has 7 heteroatoms. The minimum atomic E-state index is -0.273. The van der Waals surface area contributed by atoms with Gasteiger partial charge in [-0.25, -0.2) is 4.98 Å². The zero-order valence-corrected chi connectivity index (χ0v) is 15.0. The van der Waals surface area contributed by atoms with Crippen LogP contribution in [-0.4, -0.2) is 22.6 Å². The third-order valence-electron chi connectivity index (χ3n) is 3.74. The van der Waals surface area contributed by atoms with E-state index in [1.165, 1.54) is 11.3 Å². The molecule has 0 bridgehead atoms. The minimum absolute atomic E-state index is 0.273. The maximum atomic E-state index is 12.4. The zero-order chi connectivity index (χ0) is 17.3. The highest BCUT2D eigenvalue weighted by molar-refractivity contribution is 7.13. The van der Waals surface area contributed by atoms with Crippen molar-refractivity contribution in [3.8, 4) is 16.5 Å². The zero-order valence-electron chi connectivity index (χ0n) is 13.5. The van der Waals surface area contributed by atoms with Gasteiger partial charge in [-0.1, -0.05) is 11.6 Å². The van der Waals surface area contributed by atoms with Gasteiger partial charge in [-0.05, 0) is 37.3 Å². The Kier molecular flexibility index (Phi) is 4.59. The fraction of sp³-hybridized carbons (Fsp3) is 0.176. The van der Waals surface area contributed by atoms with Crippen LogP contribution in [0, 0.1) is 6.92 Å². The molecule has 2 heterocycles. The first-order valence-corrected chi connectivity index (χ1v) is 8.48. The average molecular weight is 362 g/mol. The summed E-state index contributed by atoms with van der Waals surface area (Å²) in [5, 5.41) is 5.79. The lowest BCUT2D eigenvalue weighted by atomic mass is 10.3. The fourth-order valence-corrected chi connectivity index (χ4v) is 3.38. The summed E-state index contributed by atoms with van der Waals surface area (Å²) in [6.45, 7) is 2.03. The predicted molar refractivity (Wildman–Crippen MR) is 97.2 cm³/mol. The van der Waals surface area contributed by atoms with E-state index in [1.807, 2.05) is 30.7 Å². The Bertz CT molecular complexity index is 901. The first-order valence-electron chi connectivity index (χ1n) is 7.22. The number of nitrogens with zero attached hydrogens (tertiary/aromatic N) is 2. The Morgan fingerprint density at radius 1 is 1.33 bits per heavy atom. The van der Waals surface area contributed by atoms with Crippen molar-refractivity contribution in [1.29, 1.82) is 0 Å². The quantitative estimate of drug-likeness (QED) is 0.750. The number of rotatable bonds is 4. The number of nitrogens with one attached hydrogen (secondary N) is 1. The molecule has 3 rings (SSSR count). The molecule has 5 nitrogen and oxygen atoms in total. The second-order valence-corrected chi connectivity index (χ2v) is 6.53. The van der Waals surface area contributed by atoms with E-state index in [2.05, 4.69) is 10.3 Å². The first-order chi connectivity index (χ1) is 11.5. The molecule has 1 N–H and O–H groups in total. The molecule has 0 saturated carbocycles. The molecular formula is C17H16ClN3O2S. The second-order valence-electron chi connectivity index (χ2n) is 5.26. The number of carbonyl (C=O) groups excluding carboxylic acids is 1. The van der Waals surface area contributed by atoms with E-state index in [1.54, 1.807) is 30.7 Å². The SMILES string of the molecule is COc1ccc(NC(=O)c2csc(-c3ccc(C)n3C)n2)cc1Cl. The molecule has 124 valence electrons. The summed E-state index contributed by atoms with van der Waals surface area (Å²) in [5.74, 6) is 0.286. The molecule has 24 heavy (non-hydrogen) atoms. The number of amides is 1. The van der Waals surface area contributed by atoms with Crippen molar-refractivity contribution < 1.29 is 9.53 Å². The van der Waals surface area contributed by atoms with Crippen molar-refractivity contribution >= 4 is 34.5 Å². The molecule has 3 aromatic rings. The molecule has 0 spiro atoms. The number of halogens is 1. The number of thiazole rings is 1. The molecule has 1 amide bonds. The lowest BCUT2D eigenvalue weighted by Gasteiger charge is -2.07. The van der Waals surface area contributed by atoms with Gasteiger partial charge in [0.2, 0.25) is 0 Å². The summed E-state index contributed by atoms with van der Waals surface area (Å²) in [7, 11) is 3.52. The van der Waals surface area contributed by atoms with Crippen LogP contribution in [0.25, 0.3) is 10.7 Å². The number of aromatic nitrogens is 2. The van der Waals surface area contributed by atoms with Crippen LogP contribution >= 0.6 is 22.9 Å². The maximum absolute atomic E-state index is 12.4. The smallest absolute Gasteiger partial charge is 0.275 e. The summed E-state index contributed by atoms with van der Waals surface area (Å²) in [4.78, 5) is 16.8. The van der Waals surface area contributed by atoms with Crippen LogP contribution in [0.15, 0.2) is 35.7 Å². The predicted octanol–water partition coefficient (Wildman–Crippen LogP) is 4.37. The number of hydrogen-bond donors (Lipinski definition) is 1. The second kappa shape index (κ2) is 6.67. The van der Waals surface area contributed by atoms with E-state index in [9.17, 15) is 4.79 Å². The van der Waals surface area contributed by atoms with Gasteiger partial charge in [0, 0.05) is 23.8 Å². The number of methoxy groups -OCH3 is 1. The van der Waals surface area contributed by atoms with E-state index in [-0.39, 0.29) is 5.91 Å². The molecule has 0 fully saturated rings. The van der Waals surface area contributed by atoms with Crippen molar-refractivity contribution in [3.05, 3.63) is 52.1 Å². The van der Waals surface area contributed by atoms with Crippen LogP contribution in [0.3, 0.4) is 0 Å². The van der Waals surface area contributed by atoms with Gasteiger partial charge in [0.05, 0.1) is 17.8 Å². The molecule has 0 aliphatic heterocycles. The summed E-state index contributed by atoms with van der Waals surface area (Å²) in [5.41, 5.74) is 3.10. The summed E-state index contributed by atoms with van der Waals surface area (Å²) < 4.78 is 7.14. The largest absolute Gasteiger partial charge is 0.495 e. The highest BCUT2D eigenvalue weighted by Gasteiger charge is 2.14. The van der Waals surface area contributed by atoms with Crippen LogP contribution in [0.2, 0.25) is 5.02 Å². The van der Waals surface area contributed by atoms with Crippen LogP contribution in [-0.2, 0) is 7.05 Å².